The average Bonchev–Trinajstić information content (AvgIpc) is 3.15. The van der Waals surface area contributed by atoms with Gasteiger partial charge in [0.15, 0.2) is 11.5 Å². The normalized spacial score (nSPS) is 11.3. The molecule has 0 amide bonds. The lowest BCUT2D eigenvalue weighted by molar-refractivity contribution is 0.583. The van der Waals surface area contributed by atoms with E-state index >= 15 is 0 Å². The molecule has 0 atom stereocenters. The van der Waals surface area contributed by atoms with E-state index < -0.39 is 11.6 Å². The summed E-state index contributed by atoms with van der Waals surface area (Å²) in [5.74, 6) is -0.839. The maximum absolute atomic E-state index is 14.3. The highest BCUT2D eigenvalue weighted by atomic mass is 79.9. The van der Waals surface area contributed by atoms with Crippen LogP contribution in [0.5, 0.6) is 0 Å². The third-order valence-electron chi connectivity index (χ3n) is 4.12. The van der Waals surface area contributed by atoms with E-state index in [1.807, 2.05) is 0 Å². The third-order valence-corrected chi connectivity index (χ3v) is 5.46. The quantitative estimate of drug-likeness (QED) is 0.367. The Bertz CT molecular complexity index is 1260. The van der Waals surface area contributed by atoms with Gasteiger partial charge in [0.1, 0.15) is 17.3 Å². The summed E-state index contributed by atoms with van der Waals surface area (Å²) < 4.78 is 29.9. The molecule has 0 aliphatic carbocycles. The first-order valence-corrected chi connectivity index (χ1v) is 10.1. The number of aromatic nitrogens is 5. The van der Waals surface area contributed by atoms with E-state index in [1.165, 1.54) is 18.0 Å². The summed E-state index contributed by atoms with van der Waals surface area (Å²) in [5.41, 5.74) is 1.21. The first-order chi connectivity index (χ1) is 13.5. The number of thioether (sulfide) groups is 1. The number of hydrogen-bond acceptors (Lipinski definition) is 5. The van der Waals surface area contributed by atoms with Crippen LogP contribution in [0.2, 0.25) is 0 Å². The molecule has 0 bridgehead atoms. The van der Waals surface area contributed by atoms with E-state index in [1.54, 1.807) is 29.2 Å². The highest BCUT2D eigenvalue weighted by Crippen LogP contribution is 2.24. The van der Waals surface area contributed by atoms with Gasteiger partial charge in [-0.25, -0.2) is 23.7 Å². The molecule has 10 heteroatoms. The lowest BCUT2D eigenvalue weighted by atomic mass is 10.1. The van der Waals surface area contributed by atoms with Crippen molar-refractivity contribution in [3.63, 3.8) is 0 Å². The van der Waals surface area contributed by atoms with Crippen LogP contribution >= 0.6 is 27.7 Å². The van der Waals surface area contributed by atoms with Crippen molar-refractivity contribution in [1.29, 1.82) is 0 Å². The highest BCUT2D eigenvalue weighted by molar-refractivity contribution is 9.10. The van der Waals surface area contributed by atoms with Crippen molar-refractivity contribution in [2.24, 2.45) is 0 Å². The number of nitrogens with one attached hydrogen (secondary N) is 1. The fourth-order valence-electron chi connectivity index (χ4n) is 2.77. The Morgan fingerprint density at radius 2 is 2.07 bits per heavy atom. The second kappa shape index (κ2) is 7.44. The smallest absolute Gasteiger partial charge is 0.264 e. The number of hydrogen-bond donors (Lipinski definition) is 1. The molecule has 6 nitrogen and oxygen atoms in total. The maximum Gasteiger partial charge on any atom is 0.264 e. The summed E-state index contributed by atoms with van der Waals surface area (Å²) in [5, 5.41) is 0. The molecule has 0 saturated carbocycles. The summed E-state index contributed by atoms with van der Waals surface area (Å²) in [4.78, 5) is 28.3. The van der Waals surface area contributed by atoms with Crippen LogP contribution in [0.1, 0.15) is 11.3 Å². The zero-order valence-electron chi connectivity index (χ0n) is 14.4. The van der Waals surface area contributed by atoms with E-state index in [9.17, 15) is 13.6 Å². The van der Waals surface area contributed by atoms with Crippen molar-refractivity contribution in [2.75, 3.05) is 6.26 Å². The topological polar surface area (TPSA) is 75.9 Å². The average molecular weight is 464 g/mol. The van der Waals surface area contributed by atoms with Crippen LogP contribution in [-0.2, 0) is 6.42 Å². The summed E-state index contributed by atoms with van der Waals surface area (Å²) in [6.07, 6.45) is 8.24. The lowest BCUT2D eigenvalue weighted by Crippen LogP contribution is -2.12. The highest BCUT2D eigenvalue weighted by Gasteiger charge is 2.15. The lowest BCUT2D eigenvalue weighted by Gasteiger charge is -2.09. The van der Waals surface area contributed by atoms with Crippen LogP contribution < -0.4 is 5.56 Å². The molecule has 0 spiro atoms. The minimum absolute atomic E-state index is 0.0253. The second-order valence-electron chi connectivity index (χ2n) is 5.89. The molecule has 0 radical (unpaired) electrons. The van der Waals surface area contributed by atoms with E-state index in [2.05, 4.69) is 35.9 Å². The molecule has 0 aliphatic heterocycles. The predicted octanol–water partition coefficient (Wildman–Crippen LogP) is 3.83. The van der Waals surface area contributed by atoms with Crippen molar-refractivity contribution in [1.82, 2.24) is 24.3 Å². The van der Waals surface area contributed by atoms with Crippen molar-refractivity contribution in [3.8, 4) is 11.5 Å². The Hall–Kier alpha value is -2.59. The molecule has 1 aromatic carbocycles. The van der Waals surface area contributed by atoms with Crippen molar-refractivity contribution >= 4 is 33.3 Å². The fourth-order valence-corrected chi connectivity index (χ4v) is 3.48. The Kier molecular flexibility index (Phi) is 4.98. The summed E-state index contributed by atoms with van der Waals surface area (Å²) in [6, 6.07) is 2.21. The maximum atomic E-state index is 14.3. The van der Waals surface area contributed by atoms with Crippen LogP contribution in [0.3, 0.4) is 0 Å². The Balaban J connectivity index is 1.83. The number of rotatable bonds is 4. The number of H-pyrrole nitrogens is 1. The number of halogens is 3. The number of fused-ring (bicyclic) bond motifs is 1. The number of aromatic amines is 1. The van der Waals surface area contributed by atoms with E-state index in [0.29, 0.717) is 21.9 Å². The Labute approximate surface area is 170 Å². The van der Waals surface area contributed by atoms with Crippen LogP contribution in [0.25, 0.3) is 17.2 Å². The molecule has 3 heterocycles. The molecule has 4 rings (SSSR count). The van der Waals surface area contributed by atoms with Gasteiger partial charge in [-0.3, -0.25) is 4.79 Å². The van der Waals surface area contributed by atoms with Crippen molar-refractivity contribution in [2.45, 2.75) is 11.3 Å². The first-order valence-electron chi connectivity index (χ1n) is 8.06. The summed E-state index contributed by atoms with van der Waals surface area (Å²) in [7, 11) is 0. The van der Waals surface area contributed by atoms with Gasteiger partial charge < -0.3 is 9.38 Å². The number of nitrogens with zero attached hydrogens (tertiary/aromatic N) is 4. The van der Waals surface area contributed by atoms with Gasteiger partial charge in [-0.1, -0.05) is 0 Å². The zero-order chi connectivity index (χ0) is 19.8. The SMILES string of the molecule is CSc1cnc(-c2cn3ccnc3c(Cc3cc(F)c(Br)cc3F)n2)[nH]c1=O. The van der Waals surface area contributed by atoms with Gasteiger partial charge in [-0.15, -0.1) is 11.8 Å². The minimum Gasteiger partial charge on any atom is -0.304 e. The van der Waals surface area contributed by atoms with Crippen LogP contribution in [-0.4, -0.2) is 30.6 Å². The van der Waals surface area contributed by atoms with Gasteiger partial charge in [-0.2, -0.15) is 0 Å². The Morgan fingerprint density at radius 3 is 2.82 bits per heavy atom. The van der Waals surface area contributed by atoms with Crippen LogP contribution in [0, 0.1) is 11.6 Å². The van der Waals surface area contributed by atoms with E-state index in [-0.39, 0.29) is 27.8 Å². The van der Waals surface area contributed by atoms with Gasteiger partial charge in [-0.05, 0) is 39.9 Å². The summed E-state index contributed by atoms with van der Waals surface area (Å²) in [6.45, 7) is 0. The predicted molar refractivity (Wildman–Crippen MR) is 105 cm³/mol. The van der Waals surface area contributed by atoms with Crippen LogP contribution in [0.4, 0.5) is 8.78 Å². The molecule has 0 aliphatic rings. The zero-order valence-corrected chi connectivity index (χ0v) is 16.8. The van der Waals surface area contributed by atoms with E-state index in [0.717, 1.165) is 12.1 Å². The molecule has 28 heavy (non-hydrogen) atoms. The number of imidazole rings is 1. The molecule has 3 aromatic heterocycles. The van der Waals surface area contributed by atoms with Gasteiger partial charge in [0.2, 0.25) is 0 Å². The molecule has 4 aromatic rings. The van der Waals surface area contributed by atoms with Crippen molar-refractivity contribution in [3.05, 3.63) is 74.6 Å². The molecule has 0 unspecified atom stereocenters. The molecule has 0 fully saturated rings. The standard InChI is InChI=1S/C18H12BrF2N5OS/c1-28-15-7-23-16(25-18(15)27)14-8-26-3-2-22-17(26)13(24-14)5-9-4-12(21)10(19)6-11(9)20/h2-4,6-8H,5H2,1H3,(H,23,25,27). The fraction of sp³-hybridized carbons (Fsp3) is 0.111. The minimum atomic E-state index is -0.564. The summed E-state index contributed by atoms with van der Waals surface area (Å²) >= 11 is 4.26. The molecule has 142 valence electrons. The monoisotopic (exact) mass is 463 g/mol. The van der Waals surface area contributed by atoms with Gasteiger partial charge >= 0.3 is 0 Å². The second-order valence-corrected chi connectivity index (χ2v) is 7.60. The van der Waals surface area contributed by atoms with Crippen LogP contribution in [0.15, 0.2) is 51.1 Å². The van der Waals surface area contributed by atoms with Gasteiger partial charge in [0.25, 0.3) is 5.56 Å². The van der Waals surface area contributed by atoms with Crippen molar-refractivity contribution < 1.29 is 8.78 Å². The first kappa shape index (κ1) is 18.8. The molecular formula is C18H12BrF2N5OS. The van der Waals surface area contributed by atoms with Gasteiger partial charge in [0, 0.05) is 31.2 Å². The number of benzene rings is 1. The van der Waals surface area contributed by atoms with Gasteiger partial charge in [0.05, 0.1) is 15.1 Å². The third kappa shape index (κ3) is 3.45. The molecule has 1 N–H and O–H groups in total. The Morgan fingerprint density at radius 1 is 1.25 bits per heavy atom. The van der Waals surface area contributed by atoms with E-state index in [4.69, 9.17) is 0 Å². The molecular weight excluding hydrogens is 452 g/mol. The molecule has 0 saturated heterocycles. The largest absolute Gasteiger partial charge is 0.304 e.